The zero-order chi connectivity index (χ0) is 24.8. The summed E-state index contributed by atoms with van der Waals surface area (Å²) >= 11 is 1.39. The van der Waals surface area contributed by atoms with E-state index < -0.39 is 5.25 Å². The van der Waals surface area contributed by atoms with Crippen LogP contribution in [0.2, 0.25) is 0 Å². The van der Waals surface area contributed by atoms with Gasteiger partial charge in [0.1, 0.15) is 0 Å². The minimum atomic E-state index is -0.412. The summed E-state index contributed by atoms with van der Waals surface area (Å²) in [5, 5.41) is 21.4. The van der Waals surface area contributed by atoms with Gasteiger partial charge in [-0.2, -0.15) is 5.26 Å². The molecule has 1 amide bonds. The molecule has 1 heterocycles. The Morgan fingerprint density at radius 2 is 1.89 bits per heavy atom. The topological polar surface area (TPSA) is 102 Å². The Kier molecular flexibility index (Phi) is 7.93. The molecule has 182 valence electrons. The molecule has 1 atom stereocenters. The van der Waals surface area contributed by atoms with Gasteiger partial charge in [0.05, 0.1) is 31.1 Å². The van der Waals surface area contributed by atoms with Crippen molar-refractivity contribution in [1.29, 1.82) is 5.26 Å². The second-order valence-electron chi connectivity index (χ2n) is 8.48. The van der Waals surface area contributed by atoms with Gasteiger partial charge in [0.2, 0.25) is 5.91 Å². The molecule has 2 aromatic carbocycles. The first-order valence-corrected chi connectivity index (χ1v) is 12.6. The summed E-state index contributed by atoms with van der Waals surface area (Å²) < 4.78 is 13.1. The number of hydrogen-bond acceptors (Lipinski definition) is 7. The number of rotatable bonds is 8. The number of hydrogen-bond donors (Lipinski definition) is 1. The van der Waals surface area contributed by atoms with Crippen molar-refractivity contribution in [2.75, 3.05) is 19.5 Å². The van der Waals surface area contributed by atoms with E-state index in [4.69, 9.17) is 14.7 Å². The van der Waals surface area contributed by atoms with Gasteiger partial charge in [0.15, 0.2) is 22.5 Å². The highest BCUT2D eigenvalue weighted by atomic mass is 32.2. The van der Waals surface area contributed by atoms with Gasteiger partial charge in [-0.25, -0.2) is 0 Å². The number of carbonyl (C=O) groups is 1. The molecule has 3 aromatic rings. The molecule has 1 saturated carbocycles. The lowest BCUT2D eigenvalue weighted by Crippen LogP contribution is -2.23. The number of nitrogens with zero attached hydrogens (tertiary/aromatic N) is 4. The van der Waals surface area contributed by atoms with Crippen LogP contribution in [0.5, 0.6) is 11.5 Å². The van der Waals surface area contributed by atoms with E-state index in [0.717, 1.165) is 42.2 Å². The number of benzene rings is 2. The molecule has 1 aliphatic rings. The maximum absolute atomic E-state index is 12.9. The number of anilines is 1. The average molecular weight is 492 g/mol. The lowest BCUT2D eigenvalue weighted by molar-refractivity contribution is -0.115. The van der Waals surface area contributed by atoms with E-state index in [1.54, 1.807) is 38.5 Å². The van der Waals surface area contributed by atoms with Crippen LogP contribution in [0, 0.1) is 11.3 Å². The third-order valence-electron chi connectivity index (χ3n) is 6.16. The van der Waals surface area contributed by atoms with Gasteiger partial charge < -0.3 is 14.8 Å². The molecule has 0 radical (unpaired) electrons. The Balaban J connectivity index is 1.61. The van der Waals surface area contributed by atoms with E-state index in [9.17, 15) is 4.79 Å². The first kappa shape index (κ1) is 24.6. The van der Waals surface area contributed by atoms with Gasteiger partial charge in [-0.1, -0.05) is 37.1 Å². The SMILES string of the molecule is COc1ccc(-c2nnc(SC(C)C(=O)Nc3cccc(C#N)c3)n2C2CCCCC2)cc1OC. The van der Waals surface area contributed by atoms with Crippen LogP contribution in [-0.2, 0) is 4.79 Å². The maximum atomic E-state index is 12.9. The van der Waals surface area contributed by atoms with E-state index >= 15 is 0 Å². The summed E-state index contributed by atoms with van der Waals surface area (Å²) in [6.07, 6.45) is 5.64. The summed E-state index contributed by atoms with van der Waals surface area (Å²) in [5.74, 6) is 1.88. The standard InChI is InChI=1S/C26H29N5O3S/c1-17(25(32)28-20-9-7-8-18(14-20)16-27)35-26-30-29-24(31(26)21-10-5-4-6-11-21)19-12-13-22(33-2)23(15-19)34-3/h7-9,12-15,17,21H,4-6,10-11H2,1-3H3,(H,28,32). The predicted octanol–water partition coefficient (Wildman–Crippen LogP) is 5.46. The lowest BCUT2D eigenvalue weighted by Gasteiger charge is -2.26. The van der Waals surface area contributed by atoms with Crippen LogP contribution in [-0.4, -0.2) is 40.1 Å². The third kappa shape index (κ3) is 5.60. The number of methoxy groups -OCH3 is 2. The van der Waals surface area contributed by atoms with E-state index in [1.165, 1.54) is 18.2 Å². The highest BCUT2D eigenvalue weighted by molar-refractivity contribution is 8.00. The Labute approximate surface area is 209 Å². The fraction of sp³-hybridized carbons (Fsp3) is 0.385. The molecule has 0 spiro atoms. The fourth-order valence-corrected chi connectivity index (χ4v) is 5.24. The Morgan fingerprint density at radius 3 is 2.60 bits per heavy atom. The number of thioether (sulfide) groups is 1. The molecule has 1 unspecified atom stereocenters. The smallest absolute Gasteiger partial charge is 0.237 e. The van der Waals surface area contributed by atoms with Crippen molar-refractivity contribution in [3.8, 4) is 29.0 Å². The molecule has 1 N–H and O–H groups in total. The van der Waals surface area contributed by atoms with E-state index in [0.29, 0.717) is 22.7 Å². The number of carbonyl (C=O) groups excluding carboxylic acids is 1. The highest BCUT2D eigenvalue weighted by Crippen LogP contribution is 2.38. The predicted molar refractivity (Wildman–Crippen MR) is 136 cm³/mol. The largest absolute Gasteiger partial charge is 0.493 e. The normalized spacial score (nSPS) is 14.7. The Bertz CT molecular complexity index is 1230. The molecule has 1 aromatic heterocycles. The first-order valence-electron chi connectivity index (χ1n) is 11.7. The summed E-state index contributed by atoms with van der Waals surface area (Å²) in [6.45, 7) is 1.85. The monoisotopic (exact) mass is 491 g/mol. The number of amides is 1. The minimum absolute atomic E-state index is 0.157. The molecular weight excluding hydrogens is 462 g/mol. The zero-order valence-electron chi connectivity index (χ0n) is 20.2. The summed E-state index contributed by atoms with van der Waals surface area (Å²) in [5.41, 5.74) is 1.99. The molecule has 4 rings (SSSR count). The van der Waals surface area contributed by atoms with Crippen LogP contribution in [0.25, 0.3) is 11.4 Å². The van der Waals surface area contributed by atoms with Crippen LogP contribution < -0.4 is 14.8 Å². The molecule has 9 heteroatoms. The number of nitriles is 1. The molecular formula is C26H29N5O3S. The summed E-state index contributed by atoms with van der Waals surface area (Å²) in [4.78, 5) is 12.9. The van der Waals surface area contributed by atoms with Gasteiger partial charge >= 0.3 is 0 Å². The molecule has 0 bridgehead atoms. The van der Waals surface area contributed by atoms with Crippen LogP contribution in [0.3, 0.4) is 0 Å². The zero-order valence-corrected chi connectivity index (χ0v) is 21.0. The van der Waals surface area contributed by atoms with Crippen molar-refractivity contribution in [2.24, 2.45) is 0 Å². The van der Waals surface area contributed by atoms with Crippen molar-refractivity contribution >= 4 is 23.4 Å². The fourth-order valence-electron chi connectivity index (χ4n) is 4.32. The second kappa shape index (κ2) is 11.3. The van der Waals surface area contributed by atoms with Crippen molar-refractivity contribution in [3.63, 3.8) is 0 Å². The minimum Gasteiger partial charge on any atom is -0.493 e. The van der Waals surface area contributed by atoms with Gasteiger partial charge in [0, 0.05) is 17.3 Å². The van der Waals surface area contributed by atoms with Gasteiger partial charge in [-0.3, -0.25) is 9.36 Å². The van der Waals surface area contributed by atoms with Crippen LogP contribution in [0.15, 0.2) is 47.6 Å². The lowest BCUT2D eigenvalue weighted by atomic mass is 9.95. The van der Waals surface area contributed by atoms with E-state index in [1.807, 2.05) is 25.1 Å². The van der Waals surface area contributed by atoms with Crippen LogP contribution in [0.1, 0.15) is 50.6 Å². The Morgan fingerprint density at radius 1 is 1.11 bits per heavy atom. The Hall–Kier alpha value is -3.51. The van der Waals surface area contributed by atoms with Crippen molar-refractivity contribution in [1.82, 2.24) is 14.8 Å². The quantitative estimate of drug-likeness (QED) is 0.418. The van der Waals surface area contributed by atoms with Gasteiger partial charge in [-0.15, -0.1) is 10.2 Å². The summed E-state index contributed by atoms with van der Waals surface area (Å²) in [6, 6.07) is 15.0. The van der Waals surface area contributed by atoms with Crippen molar-refractivity contribution in [3.05, 3.63) is 48.0 Å². The van der Waals surface area contributed by atoms with Crippen LogP contribution >= 0.6 is 11.8 Å². The molecule has 0 saturated heterocycles. The molecule has 8 nitrogen and oxygen atoms in total. The molecule has 1 aliphatic carbocycles. The highest BCUT2D eigenvalue weighted by Gasteiger charge is 2.27. The molecule has 1 fully saturated rings. The van der Waals surface area contributed by atoms with Crippen LogP contribution in [0.4, 0.5) is 5.69 Å². The number of ether oxygens (including phenoxy) is 2. The van der Waals surface area contributed by atoms with Crippen molar-refractivity contribution in [2.45, 2.75) is 55.5 Å². The number of aromatic nitrogens is 3. The van der Waals surface area contributed by atoms with Gasteiger partial charge in [0.25, 0.3) is 0 Å². The number of nitrogens with one attached hydrogen (secondary N) is 1. The average Bonchev–Trinajstić information content (AvgIpc) is 3.32. The van der Waals surface area contributed by atoms with Crippen molar-refractivity contribution < 1.29 is 14.3 Å². The second-order valence-corrected chi connectivity index (χ2v) is 9.79. The molecule has 0 aliphatic heterocycles. The third-order valence-corrected chi connectivity index (χ3v) is 7.21. The first-order chi connectivity index (χ1) is 17.0. The molecule has 35 heavy (non-hydrogen) atoms. The van der Waals surface area contributed by atoms with E-state index in [-0.39, 0.29) is 11.9 Å². The van der Waals surface area contributed by atoms with Gasteiger partial charge in [-0.05, 0) is 56.2 Å². The summed E-state index contributed by atoms with van der Waals surface area (Å²) in [7, 11) is 3.22. The van der Waals surface area contributed by atoms with E-state index in [2.05, 4.69) is 26.2 Å². The maximum Gasteiger partial charge on any atom is 0.237 e.